The standard InChI is InChI=1S/C10H12F2IN3O/c11-8(12)3-7-5-17-2-1-16(7)10-4-9(13)14-6-15-10/h4,6-8H,1-3,5H2. The molecular formula is C10H12F2IN3O. The van der Waals surface area contributed by atoms with Crippen molar-refractivity contribution in [3.63, 3.8) is 0 Å². The molecule has 1 aromatic heterocycles. The molecule has 2 heterocycles. The minimum absolute atomic E-state index is 0.194. The van der Waals surface area contributed by atoms with Crippen LogP contribution in [0.5, 0.6) is 0 Å². The summed E-state index contributed by atoms with van der Waals surface area (Å²) in [6, 6.07) is 1.49. The van der Waals surface area contributed by atoms with E-state index in [0.717, 1.165) is 3.70 Å². The number of anilines is 1. The monoisotopic (exact) mass is 355 g/mol. The molecule has 1 atom stereocenters. The smallest absolute Gasteiger partial charge is 0.240 e. The highest BCUT2D eigenvalue weighted by atomic mass is 127. The molecule has 94 valence electrons. The number of rotatable bonds is 3. The molecule has 17 heavy (non-hydrogen) atoms. The Kier molecular flexibility index (Phi) is 4.43. The van der Waals surface area contributed by atoms with E-state index in [-0.39, 0.29) is 12.5 Å². The van der Waals surface area contributed by atoms with Crippen molar-refractivity contribution in [2.45, 2.75) is 18.9 Å². The van der Waals surface area contributed by atoms with Gasteiger partial charge in [0, 0.05) is 19.0 Å². The lowest BCUT2D eigenvalue weighted by molar-refractivity contribution is 0.0581. The van der Waals surface area contributed by atoms with Gasteiger partial charge in [0.2, 0.25) is 6.43 Å². The van der Waals surface area contributed by atoms with Crippen LogP contribution < -0.4 is 4.90 Å². The Morgan fingerprint density at radius 1 is 1.53 bits per heavy atom. The maximum atomic E-state index is 12.5. The van der Waals surface area contributed by atoms with Gasteiger partial charge in [0.15, 0.2) is 0 Å². The van der Waals surface area contributed by atoms with Crippen molar-refractivity contribution in [2.75, 3.05) is 24.7 Å². The Labute approximate surface area is 112 Å². The highest BCUT2D eigenvalue weighted by Gasteiger charge is 2.27. The Morgan fingerprint density at radius 2 is 2.35 bits per heavy atom. The van der Waals surface area contributed by atoms with Gasteiger partial charge < -0.3 is 9.64 Å². The molecular weight excluding hydrogens is 343 g/mol. The van der Waals surface area contributed by atoms with Gasteiger partial charge in [-0.15, -0.1) is 0 Å². The van der Waals surface area contributed by atoms with E-state index in [1.807, 2.05) is 4.90 Å². The lowest BCUT2D eigenvalue weighted by atomic mass is 10.1. The van der Waals surface area contributed by atoms with Crippen LogP contribution in [0.3, 0.4) is 0 Å². The normalized spacial score (nSPS) is 20.9. The van der Waals surface area contributed by atoms with Crippen LogP contribution in [-0.4, -0.2) is 42.2 Å². The predicted octanol–water partition coefficient (Wildman–Crippen LogP) is 1.94. The zero-order valence-corrected chi connectivity index (χ0v) is 11.2. The van der Waals surface area contributed by atoms with Crippen molar-refractivity contribution in [3.8, 4) is 0 Å². The first-order valence-electron chi connectivity index (χ1n) is 5.27. The molecule has 0 spiro atoms. The van der Waals surface area contributed by atoms with Crippen LogP contribution in [0, 0.1) is 3.70 Å². The maximum absolute atomic E-state index is 12.5. The van der Waals surface area contributed by atoms with Crippen molar-refractivity contribution in [3.05, 3.63) is 16.1 Å². The van der Waals surface area contributed by atoms with E-state index in [1.54, 1.807) is 6.07 Å². The SMILES string of the molecule is FC(F)CC1COCCN1c1cc(I)ncn1. The van der Waals surface area contributed by atoms with Gasteiger partial charge in [0.1, 0.15) is 15.8 Å². The number of morpholine rings is 1. The molecule has 1 aromatic rings. The van der Waals surface area contributed by atoms with Crippen LogP contribution in [0.1, 0.15) is 6.42 Å². The van der Waals surface area contributed by atoms with E-state index >= 15 is 0 Å². The number of halogens is 3. The molecule has 0 amide bonds. The third-order valence-electron chi connectivity index (χ3n) is 2.59. The van der Waals surface area contributed by atoms with Crippen LogP contribution in [0.2, 0.25) is 0 Å². The third kappa shape index (κ3) is 3.44. The van der Waals surface area contributed by atoms with Gasteiger partial charge in [-0.05, 0) is 22.6 Å². The van der Waals surface area contributed by atoms with E-state index in [0.29, 0.717) is 25.6 Å². The van der Waals surface area contributed by atoms with Gasteiger partial charge in [0.25, 0.3) is 0 Å². The lowest BCUT2D eigenvalue weighted by Gasteiger charge is -2.36. The fourth-order valence-corrected chi connectivity index (χ4v) is 2.24. The van der Waals surface area contributed by atoms with Crippen molar-refractivity contribution in [1.82, 2.24) is 9.97 Å². The lowest BCUT2D eigenvalue weighted by Crippen LogP contribution is -2.47. The molecule has 1 aliphatic heterocycles. The summed E-state index contributed by atoms with van der Waals surface area (Å²) in [4.78, 5) is 9.99. The Balaban J connectivity index is 2.15. The first kappa shape index (κ1) is 12.9. The molecule has 0 saturated carbocycles. The van der Waals surface area contributed by atoms with Gasteiger partial charge in [-0.1, -0.05) is 0 Å². The minimum atomic E-state index is -2.33. The molecule has 7 heteroatoms. The highest BCUT2D eigenvalue weighted by molar-refractivity contribution is 14.1. The molecule has 1 fully saturated rings. The molecule has 1 unspecified atom stereocenters. The van der Waals surface area contributed by atoms with Crippen molar-refractivity contribution in [1.29, 1.82) is 0 Å². The van der Waals surface area contributed by atoms with Crippen molar-refractivity contribution >= 4 is 28.4 Å². The number of hydrogen-bond donors (Lipinski definition) is 0. The predicted molar refractivity (Wildman–Crippen MR) is 67.3 cm³/mol. The molecule has 4 nitrogen and oxygen atoms in total. The molecule has 1 saturated heterocycles. The van der Waals surface area contributed by atoms with E-state index in [1.165, 1.54) is 6.33 Å². The summed E-state index contributed by atoms with van der Waals surface area (Å²) >= 11 is 2.08. The number of aromatic nitrogens is 2. The summed E-state index contributed by atoms with van der Waals surface area (Å²) in [5.41, 5.74) is 0. The number of nitrogens with zero attached hydrogens (tertiary/aromatic N) is 3. The molecule has 0 radical (unpaired) electrons. The number of hydrogen-bond acceptors (Lipinski definition) is 4. The second kappa shape index (κ2) is 5.85. The fraction of sp³-hybridized carbons (Fsp3) is 0.600. The minimum Gasteiger partial charge on any atom is -0.377 e. The first-order valence-corrected chi connectivity index (χ1v) is 6.35. The van der Waals surface area contributed by atoms with E-state index in [2.05, 4.69) is 32.6 Å². The first-order chi connectivity index (χ1) is 8.16. The molecule has 0 bridgehead atoms. The number of alkyl halides is 2. The molecule has 0 N–H and O–H groups in total. The summed E-state index contributed by atoms with van der Waals surface area (Å²) in [5, 5.41) is 0. The van der Waals surface area contributed by atoms with Gasteiger partial charge in [0.05, 0.1) is 19.3 Å². The summed E-state index contributed by atoms with van der Waals surface area (Å²) in [5.74, 6) is 0.693. The van der Waals surface area contributed by atoms with Gasteiger partial charge in [-0.3, -0.25) is 0 Å². The average Bonchev–Trinajstić information content (AvgIpc) is 2.29. The quantitative estimate of drug-likeness (QED) is 0.614. The number of ether oxygens (including phenoxy) is 1. The largest absolute Gasteiger partial charge is 0.377 e. The Morgan fingerprint density at radius 3 is 3.06 bits per heavy atom. The summed E-state index contributed by atoms with van der Waals surface area (Å²) in [6.45, 7) is 1.45. The van der Waals surface area contributed by atoms with Crippen molar-refractivity contribution in [2.24, 2.45) is 0 Å². The van der Waals surface area contributed by atoms with E-state index < -0.39 is 6.43 Å². The Hall–Kier alpha value is -0.570. The van der Waals surface area contributed by atoms with Crippen LogP contribution in [-0.2, 0) is 4.74 Å². The zero-order valence-electron chi connectivity index (χ0n) is 9.02. The van der Waals surface area contributed by atoms with E-state index in [9.17, 15) is 8.78 Å². The van der Waals surface area contributed by atoms with Gasteiger partial charge >= 0.3 is 0 Å². The molecule has 2 rings (SSSR count). The molecule has 0 aliphatic carbocycles. The van der Waals surface area contributed by atoms with Crippen LogP contribution >= 0.6 is 22.6 Å². The summed E-state index contributed by atoms with van der Waals surface area (Å²) < 4.78 is 31.0. The second-order valence-corrected chi connectivity index (χ2v) is 4.85. The summed E-state index contributed by atoms with van der Waals surface area (Å²) in [6.07, 6.45) is -1.07. The maximum Gasteiger partial charge on any atom is 0.240 e. The Bertz CT molecular complexity index is 380. The summed E-state index contributed by atoms with van der Waals surface area (Å²) in [7, 11) is 0. The topological polar surface area (TPSA) is 38.2 Å². The zero-order chi connectivity index (χ0) is 12.3. The van der Waals surface area contributed by atoms with Crippen LogP contribution in [0.25, 0.3) is 0 Å². The average molecular weight is 355 g/mol. The van der Waals surface area contributed by atoms with Crippen LogP contribution in [0.15, 0.2) is 12.4 Å². The van der Waals surface area contributed by atoms with Gasteiger partial charge in [-0.2, -0.15) is 0 Å². The van der Waals surface area contributed by atoms with Crippen LogP contribution in [0.4, 0.5) is 14.6 Å². The van der Waals surface area contributed by atoms with Crippen molar-refractivity contribution < 1.29 is 13.5 Å². The molecule has 1 aliphatic rings. The third-order valence-corrected chi connectivity index (χ3v) is 3.18. The van der Waals surface area contributed by atoms with E-state index in [4.69, 9.17) is 4.74 Å². The molecule has 0 aromatic carbocycles. The second-order valence-electron chi connectivity index (χ2n) is 3.75. The highest BCUT2D eigenvalue weighted by Crippen LogP contribution is 2.21. The van der Waals surface area contributed by atoms with Gasteiger partial charge in [-0.25, -0.2) is 18.7 Å². The fourth-order valence-electron chi connectivity index (χ4n) is 1.84.